The van der Waals surface area contributed by atoms with E-state index in [1.54, 1.807) is 10.6 Å². The van der Waals surface area contributed by atoms with E-state index < -0.39 is 17.2 Å². The van der Waals surface area contributed by atoms with Gasteiger partial charge in [0.05, 0.1) is 11.2 Å². The number of aromatic nitrogens is 1. The second-order valence-electron chi connectivity index (χ2n) is 6.95. The first-order valence-corrected chi connectivity index (χ1v) is 9.18. The number of benzene rings is 1. The lowest BCUT2D eigenvalue weighted by molar-refractivity contribution is 0.0695. The topological polar surface area (TPSA) is 91.8 Å². The molecular formula is C18H19FN4O3S. The molecule has 9 heteroatoms. The van der Waals surface area contributed by atoms with Crippen LogP contribution >= 0.6 is 12.2 Å². The van der Waals surface area contributed by atoms with Crippen LogP contribution in [0.5, 0.6) is 0 Å². The van der Waals surface area contributed by atoms with Crippen molar-refractivity contribution in [2.75, 3.05) is 31.1 Å². The van der Waals surface area contributed by atoms with E-state index in [0.29, 0.717) is 42.5 Å². The van der Waals surface area contributed by atoms with E-state index >= 15 is 0 Å². The van der Waals surface area contributed by atoms with Crippen molar-refractivity contribution < 1.29 is 14.3 Å². The standard InChI is InChI=1S/C18H19FN4O3S/c19-13-7-11-14(8-15(13)21-3-5-22(6-4-21)18(20)27)23(10-1-2-10)9-12(16(11)24)17(25)26/h7-10H,1-6H2,(H2,20,27)(H,25,26). The van der Waals surface area contributed by atoms with E-state index in [1.807, 2.05) is 9.80 Å². The molecule has 0 atom stereocenters. The van der Waals surface area contributed by atoms with Gasteiger partial charge >= 0.3 is 5.97 Å². The number of piperazine rings is 1. The molecule has 0 amide bonds. The zero-order valence-corrected chi connectivity index (χ0v) is 15.3. The largest absolute Gasteiger partial charge is 0.477 e. The maximum Gasteiger partial charge on any atom is 0.341 e. The highest BCUT2D eigenvalue weighted by atomic mass is 32.1. The second-order valence-corrected chi connectivity index (χ2v) is 7.37. The molecule has 27 heavy (non-hydrogen) atoms. The quantitative estimate of drug-likeness (QED) is 0.768. The van der Waals surface area contributed by atoms with Crippen molar-refractivity contribution in [3.05, 3.63) is 39.9 Å². The third-order valence-corrected chi connectivity index (χ3v) is 5.46. The predicted molar refractivity (Wildman–Crippen MR) is 104 cm³/mol. The smallest absolute Gasteiger partial charge is 0.341 e. The van der Waals surface area contributed by atoms with Gasteiger partial charge in [-0.15, -0.1) is 0 Å². The third kappa shape index (κ3) is 3.12. The SMILES string of the molecule is NC(=S)N1CCN(c2cc3c(cc2F)c(=O)c(C(=O)O)cn3C2CC2)CC1. The van der Waals surface area contributed by atoms with Gasteiger partial charge in [0.15, 0.2) is 5.11 Å². The van der Waals surface area contributed by atoms with E-state index in [4.69, 9.17) is 18.0 Å². The Labute approximate surface area is 159 Å². The maximum atomic E-state index is 14.8. The fraction of sp³-hybridized carbons (Fsp3) is 0.389. The zero-order chi connectivity index (χ0) is 19.3. The Balaban J connectivity index is 1.80. The Morgan fingerprint density at radius 1 is 1.22 bits per heavy atom. The second kappa shape index (κ2) is 6.49. The van der Waals surface area contributed by atoms with Crippen molar-refractivity contribution in [3.63, 3.8) is 0 Å². The molecule has 0 unspecified atom stereocenters. The molecule has 2 aromatic rings. The number of hydrogen-bond donors (Lipinski definition) is 2. The molecule has 2 aliphatic rings. The van der Waals surface area contributed by atoms with E-state index in [0.717, 1.165) is 18.9 Å². The average molecular weight is 390 g/mol. The first kappa shape index (κ1) is 17.7. The van der Waals surface area contributed by atoms with Crippen molar-refractivity contribution in [1.82, 2.24) is 9.47 Å². The first-order valence-electron chi connectivity index (χ1n) is 8.78. The summed E-state index contributed by atoms with van der Waals surface area (Å²) in [7, 11) is 0. The highest BCUT2D eigenvalue weighted by molar-refractivity contribution is 7.80. The number of halogens is 1. The van der Waals surface area contributed by atoms with Crippen LogP contribution in [0.25, 0.3) is 10.9 Å². The van der Waals surface area contributed by atoms with Gasteiger partial charge in [-0.05, 0) is 37.2 Å². The van der Waals surface area contributed by atoms with Crippen LogP contribution < -0.4 is 16.1 Å². The molecule has 1 saturated carbocycles. The summed E-state index contributed by atoms with van der Waals surface area (Å²) in [6.07, 6.45) is 3.21. The number of thiocarbonyl (C=S) groups is 1. The van der Waals surface area contributed by atoms with Crippen molar-refractivity contribution >= 4 is 39.9 Å². The van der Waals surface area contributed by atoms with E-state index in [-0.39, 0.29) is 17.0 Å². The number of carbonyl (C=O) groups is 1. The zero-order valence-electron chi connectivity index (χ0n) is 14.5. The Morgan fingerprint density at radius 3 is 2.44 bits per heavy atom. The van der Waals surface area contributed by atoms with Gasteiger partial charge in [0.2, 0.25) is 5.43 Å². The van der Waals surface area contributed by atoms with Crippen LogP contribution in [0.3, 0.4) is 0 Å². The number of carboxylic acid groups (broad SMARTS) is 1. The van der Waals surface area contributed by atoms with Gasteiger partial charge in [0, 0.05) is 43.8 Å². The van der Waals surface area contributed by atoms with Crippen LogP contribution in [0.4, 0.5) is 10.1 Å². The number of pyridine rings is 1. The van der Waals surface area contributed by atoms with Crippen molar-refractivity contribution in [2.24, 2.45) is 5.73 Å². The molecule has 0 radical (unpaired) electrons. The predicted octanol–water partition coefficient (Wildman–Crippen LogP) is 1.54. The van der Waals surface area contributed by atoms with Crippen LogP contribution in [0.1, 0.15) is 29.2 Å². The van der Waals surface area contributed by atoms with E-state index in [9.17, 15) is 19.1 Å². The lowest BCUT2D eigenvalue weighted by Gasteiger charge is -2.36. The summed E-state index contributed by atoms with van der Waals surface area (Å²) < 4.78 is 16.6. The van der Waals surface area contributed by atoms with Gasteiger partial charge in [-0.3, -0.25) is 4.79 Å². The minimum absolute atomic E-state index is 0.102. The van der Waals surface area contributed by atoms with Crippen molar-refractivity contribution in [1.29, 1.82) is 0 Å². The minimum atomic E-state index is -1.30. The van der Waals surface area contributed by atoms with Gasteiger partial charge in [0.1, 0.15) is 11.4 Å². The molecule has 0 spiro atoms. The van der Waals surface area contributed by atoms with Gasteiger partial charge in [0.25, 0.3) is 0 Å². The average Bonchev–Trinajstić information content (AvgIpc) is 3.47. The number of nitrogens with zero attached hydrogens (tertiary/aromatic N) is 3. The van der Waals surface area contributed by atoms with Crippen LogP contribution in [0.2, 0.25) is 0 Å². The summed E-state index contributed by atoms with van der Waals surface area (Å²) in [5.41, 5.74) is 5.64. The van der Waals surface area contributed by atoms with Crippen LogP contribution in [-0.4, -0.2) is 51.8 Å². The number of fused-ring (bicyclic) bond motifs is 1. The minimum Gasteiger partial charge on any atom is -0.477 e. The molecule has 1 aromatic heterocycles. The Kier molecular flexibility index (Phi) is 4.26. The molecule has 0 bridgehead atoms. The lowest BCUT2D eigenvalue weighted by atomic mass is 10.1. The van der Waals surface area contributed by atoms with Crippen LogP contribution in [0.15, 0.2) is 23.1 Å². The maximum absolute atomic E-state index is 14.8. The van der Waals surface area contributed by atoms with Gasteiger partial charge in [-0.1, -0.05) is 0 Å². The summed E-state index contributed by atoms with van der Waals surface area (Å²) >= 11 is 4.99. The Morgan fingerprint density at radius 2 is 1.89 bits per heavy atom. The molecular weight excluding hydrogens is 371 g/mol. The summed E-state index contributed by atoms with van der Waals surface area (Å²) in [4.78, 5) is 27.7. The normalized spacial score (nSPS) is 17.4. The summed E-state index contributed by atoms with van der Waals surface area (Å²) in [5, 5.41) is 9.74. The van der Waals surface area contributed by atoms with Crippen LogP contribution in [-0.2, 0) is 0 Å². The Bertz CT molecular complexity index is 1010. The number of carboxylic acids is 1. The van der Waals surface area contributed by atoms with Gasteiger partial charge < -0.3 is 25.2 Å². The number of aromatic carboxylic acids is 1. The number of anilines is 1. The lowest BCUT2D eigenvalue weighted by Crippen LogP contribution is -2.50. The Hall–Kier alpha value is -2.68. The summed E-state index contributed by atoms with van der Waals surface area (Å²) in [6, 6.07) is 2.97. The highest BCUT2D eigenvalue weighted by Crippen LogP contribution is 2.38. The van der Waals surface area contributed by atoms with E-state index in [2.05, 4.69) is 0 Å². The summed E-state index contributed by atoms with van der Waals surface area (Å²) in [6.45, 7) is 2.31. The molecule has 1 saturated heterocycles. The van der Waals surface area contributed by atoms with E-state index in [1.165, 1.54) is 6.20 Å². The van der Waals surface area contributed by atoms with Crippen LogP contribution in [0, 0.1) is 5.82 Å². The fourth-order valence-corrected chi connectivity index (χ4v) is 3.76. The third-order valence-electron chi connectivity index (χ3n) is 5.20. The first-order chi connectivity index (χ1) is 12.9. The molecule has 7 nitrogen and oxygen atoms in total. The van der Waals surface area contributed by atoms with Crippen molar-refractivity contribution in [2.45, 2.75) is 18.9 Å². The molecule has 4 rings (SSSR count). The molecule has 1 aliphatic carbocycles. The summed E-state index contributed by atoms with van der Waals surface area (Å²) in [5.74, 6) is -1.83. The number of nitrogens with two attached hydrogens (primary N) is 1. The number of hydrogen-bond acceptors (Lipinski definition) is 4. The highest BCUT2D eigenvalue weighted by Gasteiger charge is 2.28. The molecule has 3 N–H and O–H groups in total. The van der Waals surface area contributed by atoms with Gasteiger partial charge in [-0.25, -0.2) is 9.18 Å². The molecule has 142 valence electrons. The number of rotatable bonds is 3. The molecule has 1 aliphatic heterocycles. The molecule has 2 heterocycles. The molecule has 1 aromatic carbocycles. The monoisotopic (exact) mass is 390 g/mol. The van der Waals surface area contributed by atoms with Gasteiger partial charge in [-0.2, -0.15) is 0 Å². The van der Waals surface area contributed by atoms with Crippen molar-refractivity contribution in [3.8, 4) is 0 Å². The molecule has 2 fully saturated rings. The fourth-order valence-electron chi connectivity index (χ4n) is 3.58.